The Bertz CT molecular complexity index is 385. The molecule has 0 aliphatic heterocycles. The van der Waals surface area contributed by atoms with Crippen LogP contribution in [0, 0.1) is 0 Å². The van der Waals surface area contributed by atoms with Crippen molar-refractivity contribution in [2.24, 2.45) is 5.73 Å². The number of rotatable bonds is 7. The molecule has 2 rings (SSSR count). The molecule has 1 fully saturated rings. The first kappa shape index (κ1) is 16.3. The number of benzene rings is 1. The fraction of sp³-hybridized carbons (Fsp3) is 0.667. The standard InChI is InChI=1S/C18H30N2O/c1-2-20(14-15-21-17-10-6-5-7-11-17)18(16-19)12-8-3-4-9-13-18/h5-7,10-11H,2-4,8-9,12-16,19H2,1H3. The molecule has 0 bridgehead atoms. The van der Waals surface area contributed by atoms with E-state index in [0.717, 1.165) is 32.0 Å². The van der Waals surface area contributed by atoms with Crippen LogP contribution in [0.25, 0.3) is 0 Å². The topological polar surface area (TPSA) is 38.5 Å². The van der Waals surface area contributed by atoms with Crippen LogP contribution in [0.15, 0.2) is 30.3 Å². The van der Waals surface area contributed by atoms with Gasteiger partial charge in [0.2, 0.25) is 0 Å². The van der Waals surface area contributed by atoms with Crippen LogP contribution in [0.3, 0.4) is 0 Å². The van der Waals surface area contributed by atoms with Gasteiger partial charge in [-0.05, 0) is 31.5 Å². The summed E-state index contributed by atoms with van der Waals surface area (Å²) in [6, 6.07) is 10.1. The van der Waals surface area contributed by atoms with Gasteiger partial charge in [-0.3, -0.25) is 4.90 Å². The second-order valence-corrected chi connectivity index (χ2v) is 6.08. The minimum absolute atomic E-state index is 0.200. The maximum absolute atomic E-state index is 6.18. The molecule has 1 aliphatic rings. The van der Waals surface area contributed by atoms with Crippen molar-refractivity contribution >= 4 is 0 Å². The molecule has 1 aliphatic carbocycles. The van der Waals surface area contributed by atoms with E-state index in [2.05, 4.69) is 11.8 Å². The molecule has 118 valence electrons. The molecule has 1 saturated carbocycles. The lowest BCUT2D eigenvalue weighted by Crippen LogP contribution is -2.54. The molecule has 0 saturated heterocycles. The molecule has 2 N–H and O–H groups in total. The minimum atomic E-state index is 0.200. The summed E-state index contributed by atoms with van der Waals surface area (Å²) in [7, 11) is 0. The van der Waals surface area contributed by atoms with Gasteiger partial charge in [0.05, 0.1) is 0 Å². The number of hydrogen-bond acceptors (Lipinski definition) is 3. The Balaban J connectivity index is 1.91. The molecule has 21 heavy (non-hydrogen) atoms. The Morgan fingerprint density at radius 3 is 2.33 bits per heavy atom. The quantitative estimate of drug-likeness (QED) is 0.782. The highest BCUT2D eigenvalue weighted by Gasteiger charge is 2.34. The molecule has 0 unspecified atom stereocenters. The van der Waals surface area contributed by atoms with E-state index in [9.17, 15) is 0 Å². The molecule has 0 radical (unpaired) electrons. The van der Waals surface area contributed by atoms with E-state index < -0.39 is 0 Å². The van der Waals surface area contributed by atoms with Gasteiger partial charge in [0.25, 0.3) is 0 Å². The Labute approximate surface area is 129 Å². The highest BCUT2D eigenvalue weighted by atomic mass is 16.5. The molecule has 0 heterocycles. The van der Waals surface area contributed by atoms with Gasteiger partial charge >= 0.3 is 0 Å². The van der Waals surface area contributed by atoms with Crippen molar-refractivity contribution in [1.29, 1.82) is 0 Å². The summed E-state index contributed by atoms with van der Waals surface area (Å²) in [6.07, 6.45) is 7.82. The van der Waals surface area contributed by atoms with Gasteiger partial charge in [-0.25, -0.2) is 0 Å². The average Bonchev–Trinajstić information content (AvgIpc) is 2.79. The third-order valence-electron chi connectivity index (χ3n) is 4.84. The molecule has 1 aromatic rings. The van der Waals surface area contributed by atoms with Gasteiger partial charge in [-0.15, -0.1) is 0 Å². The zero-order valence-corrected chi connectivity index (χ0v) is 13.4. The van der Waals surface area contributed by atoms with Crippen LogP contribution >= 0.6 is 0 Å². The Kier molecular flexibility index (Phi) is 6.52. The molecular formula is C18H30N2O. The molecule has 0 spiro atoms. The maximum Gasteiger partial charge on any atom is 0.119 e. The fourth-order valence-corrected chi connectivity index (χ4v) is 3.56. The van der Waals surface area contributed by atoms with Gasteiger partial charge in [0.15, 0.2) is 0 Å². The SMILES string of the molecule is CCN(CCOc1ccccc1)C1(CN)CCCCCC1. The first-order valence-electron chi connectivity index (χ1n) is 8.44. The highest BCUT2D eigenvalue weighted by Crippen LogP contribution is 2.31. The largest absolute Gasteiger partial charge is 0.492 e. The van der Waals surface area contributed by atoms with Crippen molar-refractivity contribution in [2.75, 3.05) is 26.2 Å². The summed E-state index contributed by atoms with van der Waals surface area (Å²) in [5.74, 6) is 0.955. The van der Waals surface area contributed by atoms with Crippen LogP contribution in [-0.4, -0.2) is 36.7 Å². The summed E-state index contributed by atoms with van der Waals surface area (Å²) < 4.78 is 5.87. The summed E-state index contributed by atoms with van der Waals surface area (Å²) in [5.41, 5.74) is 6.38. The maximum atomic E-state index is 6.18. The summed E-state index contributed by atoms with van der Waals surface area (Å²) in [4.78, 5) is 2.56. The lowest BCUT2D eigenvalue weighted by Gasteiger charge is -2.42. The van der Waals surface area contributed by atoms with E-state index in [4.69, 9.17) is 10.5 Å². The molecule has 0 amide bonds. The number of nitrogens with zero attached hydrogens (tertiary/aromatic N) is 1. The first-order chi connectivity index (χ1) is 10.3. The zero-order chi connectivity index (χ0) is 15.0. The summed E-state index contributed by atoms with van der Waals surface area (Å²) >= 11 is 0. The third-order valence-corrected chi connectivity index (χ3v) is 4.84. The van der Waals surface area contributed by atoms with Crippen LogP contribution in [0.5, 0.6) is 5.75 Å². The summed E-state index contributed by atoms with van der Waals surface area (Å²) in [6.45, 7) is 5.76. The number of ether oxygens (including phenoxy) is 1. The molecule has 0 aromatic heterocycles. The second kappa shape index (κ2) is 8.40. The third kappa shape index (κ3) is 4.45. The predicted molar refractivity (Wildman–Crippen MR) is 88.7 cm³/mol. The normalized spacial score (nSPS) is 18.4. The number of para-hydroxylation sites is 1. The monoisotopic (exact) mass is 290 g/mol. The highest BCUT2D eigenvalue weighted by molar-refractivity contribution is 5.20. The number of nitrogens with two attached hydrogens (primary N) is 1. The Morgan fingerprint density at radius 2 is 1.76 bits per heavy atom. The summed E-state index contributed by atoms with van der Waals surface area (Å²) in [5, 5.41) is 0. The number of hydrogen-bond donors (Lipinski definition) is 1. The van der Waals surface area contributed by atoms with Crippen LogP contribution in [0.4, 0.5) is 0 Å². The molecule has 3 heteroatoms. The van der Waals surface area contributed by atoms with Crippen LogP contribution in [0.1, 0.15) is 45.4 Å². The Hall–Kier alpha value is -1.06. The van der Waals surface area contributed by atoms with Gasteiger partial charge in [-0.2, -0.15) is 0 Å². The minimum Gasteiger partial charge on any atom is -0.492 e. The lowest BCUT2D eigenvalue weighted by molar-refractivity contribution is 0.0682. The predicted octanol–water partition coefficient (Wildman–Crippen LogP) is 3.44. The number of likely N-dealkylation sites (N-methyl/N-ethyl adjacent to an activating group) is 1. The van der Waals surface area contributed by atoms with E-state index in [1.54, 1.807) is 0 Å². The van der Waals surface area contributed by atoms with Crippen LogP contribution < -0.4 is 10.5 Å². The van der Waals surface area contributed by atoms with Crippen molar-refractivity contribution in [3.8, 4) is 5.75 Å². The van der Waals surface area contributed by atoms with Crippen molar-refractivity contribution < 1.29 is 4.74 Å². The smallest absolute Gasteiger partial charge is 0.119 e. The lowest BCUT2D eigenvalue weighted by atomic mass is 9.88. The first-order valence-corrected chi connectivity index (χ1v) is 8.44. The fourth-order valence-electron chi connectivity index (χ4n) is 3.56. The van der Waals surface area contributed by atoms with Gasteiger partial charge in [-0.1, -0.05) is 50.8 Å². The molecule has 1 aromatic carbocycles. The van der Waals surface area contributed by atoms with E-state index in [0.29, 0.717) is 0 Å². The van der Waals surface area contributed by atoms with Gasteiger partial charge in [0, 0.05) is 18.6 Å². The van der Waals surface area contributed by atoms with Crippen molar-refractivity contribution in [3.05, 3.63) is 30.3 Å². The van der Waals surface area contributed by atoms with Gasteiger partial charge < -0.3 is 10.5 Å². The van der Waals surface area contributed by atoms with Crippen molar-refractivity contribution in [2.45, 2.75) is 51.0 Å². The Morgan fingerprint density at radius 1 is 1.10 bits per heavy atom. The molecule has 0 atom stereocenters. The second-order valence-electron chi connectivity index (χ2n) is 6.08. The van der Waals surface area contributed by atoms with Crippen molar-refractivity contribution in [1.82, 2.24) is 4.90 Å². The van der Waals surface area contributed by atoms with E-state index >= 15 is 0 Å². The van der Waals surface area contributed by atoms with E-state index in [-0.39, 0.29) is 5.54 Å². The molecule has 3 nitrogen and oxygen atoms in total. The van der Waals surface area contributed by atoms with Crippen LogP contribution in [-0.2, 0) is 0 Å². The van der Waals surface area contributed by atoms with E-state index in [1.165, 1.54) is 38.5 Å². The van der Waals surface area contributed by atoms with E-state index in [1.807, 2.05) is 30.3 Å². The van der Waals surface area contributed by atoms with Crippen LogP contribution in [0.2, 0.25) is 0 Å². The molecular weight excluding hydrogens is 260 g/mol. The van der Waals surface area contributed by atoms with Crippen molar-refractivity contribution in [3.63, 3.8) is 0 Å². The average molecular weight is 290 g/mol. The van der Waals surface area contributed by atoms with Gasteiger partial charge in [0.1, 0.15) is 12.4 Å². The zero-order valence-electron chi connectivity index (χ0n) is 13.4.